The van der Waals surface area contributed by atoms with E-state index in [1.807, 2.05) is 0 Å². The normalized spacial score (nSPS) is 19.4. The molecule has 2 aliphatic heterocycles. The maximum Gasteiger partial charge on any atom is 0.526 e. The molecule has 0 spiro atoms. The number of hydrogen-bond donors (Lipinski definition) is 3. The number of piperazine rings is 1. The van der Waals surface area contributed by atoms with Crippen LogP contribution in [0.3, 0.4) is 0 Å². The first-order chi connectivity index (χ1) is 19.0. The Hall–Kier alpha value is -4.53. The number of carbonyl (C=O) groups excluding carboxylic acids is 5. The Morgan fingerprint density at radius 3 is 2.77 bits per heavy atom. The van der Waals surface area contributed by atoms with Crippen LogP contribution in [-0.2, 0) is 30.3 Å². The molecule has 1 saturated heterocycles. The lowest BCUT2D eigenvalue weighted by atomic mass is 9.64. The van der Waals surface area contributed by atoms with Crippen molar-refractivity contribution in [1.29, 1.82) is 0 Å². The Balaban J connectivity index is 1.62. The number of imide groups is 1. The van der Waals surface area contributed by atoms with E-state index < -0.39 is 72.5 Å². The van der Waals surface area contributed by atoms with E-state index >= 15 is 0 Å². The third-order valence-corrected chi connectivity index (χ3v) is 6.77. The molecule has 1 aromatic carbocycles. The van der Waals surface area contributed by atoms with E-state index in [1.54, 1.807) is 32.0 Å². The highest BCUT2D eigenvalue weighted by Crippen LogP contribution is 2.37. The molecule has 4 rings (SSSR count). The molecule has 4 amide bonds. The zero-order valence-corrected chi connectivity index (χ0v) is 21.6. The molecule has 210 valence electrons. The zero-order valence-electron chi connectivity index (χ0n) is 21.6. The molecule has 3 N–H and O–H groups in total. The number of carbonyl (C=O) groups is 5. The molecule has 2 aliphatic rings. The van der Waals surface area contributed by atoms with Crippen molar-refractivity contribution in [3.05, 3.63) is 53.1 Å². The zero-order chi connectivity index (χ0) is 29.1. The number of benzene rings is 1. The number of ketones is 1. The van der Waals surface area contributed by atoms with Crippen molar-refractivity contribution in [2.45, 2.75) is 44.8 Å². The second-order valence-corrected chi connectivity index (χ2v) is 9.36. The summed E-state index contributed by atoms with van der Waals surface area (Å²) in [5, 5.41) is 22.4. The number of aromatic nitrogens is 1. The number of fused-ring (bicyclic) bond motifs is 1. The van der Waals surface area contributed by atoms with Crippen molar-refractivity contribution in [2.75, 3.05) is 13.1 Å². The summed E-state index contributed by atoms with van der Waals surface area (Å²) in [6.07, 6.45) is -0.830. The summed E-state index contributed by atoms with van der Waals surface area (Å²) in [5.74, 6) is -5.17. The van der Waals surface area contributed by atoms with Gasteiger partial charge in [0, 0.05) is 24.8 Å². The fourth-order valence-electron chi connectivity index (χ4n) is 4.72. The van der Waals surface area contributed by atoms with E-state index in [4.69, 9.17) is 9.39 Å². The number of pyridine rings is 1. The van der Waals surface area contributed by atoms with Crippen LogP contribution in [0.2, 0.25) is 5.82 Å². The number of nitrogens with one attached hydrogen (secondary N) is 1. The Bertz CT molecular complexity index is 1360. The summed E-state index contributed by atoms with van der Waals surface area (Å²) in [4.78, 5) is 68.2. The molecule has 1 aromatic heterocycles. The highest BCUT2D eigenvalue weighted by atomic mass is 19.1. The van der Waals surface area contributed by atoms with E-state index in [0.29, 0.717) is 16.7 Å². The van der Waals surface area contributed by atoms with Gasteiger partial charge in [-0.3, -0.25) is 24.2 Å². The van der Waals surface area contributed by atoms with Gasteiger partial charge in [-0.2, -0.15) is 0 Å². The molecule has 3 atom stereocenters. The predicted octanol–water partition coefficient (Wildman–Crippen LogP) is 0.620. The van der Waals surface area contributed by atoms with Crippen LogP contribution in [0.1, 0.15) is 36.2 Å². The molecule has 0 aliphatic carbocycles. The molecular weight excluding hydrogens is 530 g/mol. The summed E-state index contributed by atoms with van der Waals surface area (Å²) in [7, 11) is -1.39. The average Bonchev–Trinajstić information content (AvgIpc) is 2.90. The molecule has 13 nitrogen and oxygen atoms in total. The number of urea groups is 1. The van der Waals surface area contributed by atoms with Crippen molar-refractivity contribution < 1.29 is 47.9 Å². The van der Waals surface area contributed by atoms with Gasteiger partial charge in [-0.25, -0.2) is 14.1 Å². The molecule has 2 aromatic rings. The number of likely N-dealkylation sites (N-methyl/N-ethyl adjacent to an activating group) is 1. The number of ether oxygens (including phenoxy) is 1. The third kappa shape index (κ3) is 5.59. The Morgan fingerprint density at radius 2 is 2.10 bits per heavy atom. The van der Waals surface area contributed by atoms with Gasteiger partial charge in [-0.05, 0) is 31.4 Å². The maximum atomic E-state index is 14.9. The predicted molar refractivity (Wildman–Crippen MR) is 134 cm³/mol. The summed E-state index contributed by atoms with van der Waals surface area (Å²) < 4.78 is 25.3. The molecule has 0 bridgehead atoms. The van der Waals surface area contributed by atoms with Crippen LogP contribution in [0, 0.1) is 12.7 Å². The Morgan fingerprint density at radius 1 is 1.35 bits per heavy atom. The number of Topliss-reactive ketones (excluding diaryl/α,β-unsaturated/α-hetero) is 1. The maximum absolute atomic E-state index is 14.9. The fourth-order valence-corrected chi connectivity index (χ4v) is 4.72. The minimum absolute atomic E-state index is 0.00425. The van der Waals surface area contributed by atoms with Crippen LogP contribution in [0.5, 0.6) is 11.5 Å². The van der Waals surface area contributed by atoms with E-state index in [9.17, 15) is 38.5 Å². The lowest BCUT2D eigenvalue weighted by molar-refractivity contribution is -0.170. The van der Waals surface area contributed by atoms with Gasteiger partial charge in [0.05, 0.1) is 12.7 Å². The van der Waals surface area contributed by atoms with Gasteiger partial charge in [-0.15, -0.1) is 0 Å². The highest BCUT2D eigenvalue weighted by Gasteiger charge is 2.45. The average molecular weight is 556 g/mol. The number of nitrogens with zero attached hydrogens (tertiary/aromatic N) is 3. The monoisotopic (exact) mass is 556 g/mol. The molecule has 15 heteroatoms. The number of amides is 4. The van der Waals surface area contributed by atoms with Gasteiger partial charge in [0.2, 0.25) is 6.23 Å². The molecule has 1 unspecified atom stereocenters. The van der Waals surface area contributed by atoms with Crippen molar-refractivity contribution in [3.8, 4) is 11.5 Å². The second-order valence-electron chi connectivity index (χ2n) is 9.36. The first kappa shape index (κ1) is 28.5. The van der Waals surface area contributed by atoms with Crippen molar-refractivity contribution in [3.63, 3.8) is 0 Å². The number of para-hydroxylation sites is 1. The standard InChI is InChI=1S/C25H26BFN4O9/c1-3-30-11-19(39-12-32)31(24(36)23(30)35)25(37)29-21(20-17(27)9-16(33)10-28-20)18(34)8-15-7-14-6-4-5-13(2)22(14)40-26(15)38/h4-6,9-10,12,15,19,21,33,38H,3,7-8,11H2,1-2H3,(H,29,37)/t15-,19+,21?/m1/s1. The van der Waals surface area contributed by atoms with Gasteiger partial charge in [0.1, 0.15) is 23.2 Å². The van der Waals surface area contributed by atoms with E-state index in [1.165, 1.54) is 0 Å². The SMILES string of the molecule is CCN1C[C@H](OC=O)N(C(=O)NC(C(=O)C[C@H]2Cc3cccc(C)c3OB2O)c2ncc(O)cc2F)C(=O)C1=O. The number of hydrogen-bond acceptors (Lipinski definition) is 10. The Labute approximate surface area is 228 Å². The first-order valence-corrected chi connectivity index (χ1v) is 12.4. The van der Waals surface area contributed by atoms with E-state index in [-0.39, 0.29) is 26.0 Å². The van der Waals surface area contributed by atoms with Gasteiger partial charge in [0.15, 0.2) is 11.6 Å². The highest BCUT2D eigenvalue weighted by molar-refractivity contribution is 6.46. The molecule has 3 heterocycles. The van der Waals surface area contributed by atoms with Gasteiger partial charge in [0.25, 0.3) is 6.47 Å². The van der Waals surface area contributed by atoms with Gasteiger partial charge in [-0.1, -0.05) is 18.2 Å². The lowest BCUT2D eigenvalue weighted by Crippen LogP contribution is -2.64. The molecule has 1 fully saturated rings. The van der Waals surface area contributed by atoms with Crippen LogP contribution >= 0.6 is 0 Å². The van der Waals surface area contributed by atoms with Crippen LogP contribution < -0.4 is 9.97 Å². The summed E-state index contributed by atoms with van der Waals surface area (Å²) in [6, 6.07) is 2.91. The van der Waals surface area contributed by atoms with Crippen LogP contribution in [0.15, 0.2) is 30.5 Å². The smallest absolute Gasteiger partial charge is 0.526 e. The summed E-state index contributed by atoms with van der Waals surface area (Å²) in [6.45, 7) is 3.15. The Kier molecular flexibility index (Phi) is 8.33. The quantitative estimate of drug-likeness (QED) is 0.237. The largest absolute Gasteiger partial charge is 0.536 e. The summed E-state index contributed by atoms with van der Waals surface area (Å²) >= 11 is 0. The van der Waals surface area contributed by atoms with Crippen molar-refractivity contribution in [2.24, 2.45) is 0 Å². The first-order valence-electron chi connectivity index (χ1n) is 12.4. The second kappa shape index (κ2) is 11.7. The molecule has 40 heavy (non-hydrogen) atoms. The number of aryl methyl sites for hydroxylation is 1. The van der Waals surface area contributed by atoms with Crippen molar-refractivity contribution in [1.82, 2.24) is 20.1 Å². The lowest BCUT2D eigenvalue weighted by Gasteiger charge is -2.37. The summed E-state index contributed by atoms with van der Waals surface area (Å²) in [5.41, 5.74) is 0.943. The van der Waals surface area contributed by atoms with Crippen LogP contribution in [0.25, 0.3) is 0 Å². The van der Waals surface area contributed by atoms with Crippen molar-refractivity contribution >= 4 is 37.2 Å². The molecule has 0 radical (unpaired) electrons. The van der Waals surface area contributed by atoms with Gasteiger partial charge >= 0.3 is 25.0 Å². The minimum atomic E-state index is -1.82. The number of rotatable bonds is 8. The molecular formula is C25H26BFN4O9. The fraction of sp³-hybridized carbons (Fsp3) is 0.360. The van der Waals surface area contributed by atoms with Crippen LogP contribution in [-0.4, -0.2) is 81.5 Å². The molecule has 0 saturated carbocycles. The topological polar surface area (TPSA) is 176 Å². The van der Waals surface area contributed by atoms with Crippen LogP contribution in [0.4, 0.5) is 9.18 Å². The number of aromatic hydroxyl groups is 1. The van der Waals surface area contributed by atoms with Gasteiger partial charge < -0.3 is 29.7 Å². The minimum Gasteiger partial charge on any atom is -0.536 e. The number of halogens is 1. The van der Waals surface area contributed by atoms with E-state index in [2.05, 4.69) is 10.3 Å². The van der Waals surface area contributed by atoms with E-state index in [0.717, 1.165) is 22.2 Å². The third-order valence-electron chi connectivity index (χ3n) is 6.77.